The Morgan fingerprint density at radius 2 is 1.92 bits per heavy atom. The highest BCUT2D eigenvalue weighted by molar-refractivity contribution is 8.77. The molecule has 0 saturated heterocycles. The molecule has 0 unspecified atom stereocenters. The molecular formula is C10H7NS2. The lowest BCUT2D eigenvalue weighted by Crippen LogP contribution is -1.81. The van der Waals surface area contributed by atoms with Crippen molar-refractivity contribution in [2.45, 2.75) is 4.90 Å². The van der Waals surface area contributed by atoms with Gasteiger partial charge in [0.25, 0.3) is 0 Å². The van der Waals surface area contributed by atoms with Crippen LogP contribution in [0, 0.1) is 0 Å². The van der Waals surface area contributed by atoms with Gasteiger partial charge in [-0.1, -0.05) is 30.3 Å². The molecule has 0 atom stereocenters. The molecule has 0 aromatic heterocycles. The molecule has 1 heterocycles. The SMILES string of the molecule is c1ccc2c3c(ccc2c1)SSN3. The van der Waals surface area contributed by atoms with Crippen molar-refractivity contribution in [2.75, 3.05) is 4.72 Å². The standard InChI is InChI=1S/C10H7NS2/c1-2-4-8-7(3-1)5-6-9-10(8)11-13-12-9/h1-6,11H. The maximum Gasteiger partial charge on any atom is 0.0672 e. The van der Waals surface area contributed by atoms with E-state index < -0.39 is 0 Å². The van der Waals surface area contributed by atoms with Gasteiger partial charge in [-0.3, -0.25) is 0 Å². The van der Waals surface area contributed by atoms with Gasteiger partial charge in [-0.2, -0.15) is 0 Å². The summed E-state index contributed by atoms with van der Waals surface area (Å²) < 4.78 is 3.32. The van der Waals surface area contributed by atoms with Crippen LogP contribution >= 0.6 is 21.8 Å². The average molecular weight is 205 g/mol. The van der Waals surface area contributed by atoms with Crippen molar-refractivity contribution < 1.29 is 0 Å². The molecule has 64 valence electrons. The van der Waals surface area contributed by atoms with Crippen LogP contribution in [-0.4, -0.2) is 0 Å². The Balaban J connectivity index is 2.43. The van der Waals surface area contributed by atoms with E-state index in [1.54, 1.807) is 21.8 Å². The summed E-state index contributed by atoms with van der Waals surface area (Å²) in [4.78, 5) is 1.34. The van der Waals surface area contributed by atoms with Crippen LogP contribution in [0.3, 0.4) is 0 Å². The van der Waals surface area contributed by atoms with Gasteiger partial charge in [-0.25, -0.2) is 0 Å². The van der Waals surface area contributed by atoms with Crippen molar-refractivity contribution >= 4 is 38.2 Å². The average Bonchev–Trinajstić information content (AvgIpc) is 2.65. The van der Waals surface area contributed by atoms with E-state index in [1.807, 2.05) is 0 Å². The normalized spacial score (nSPS) is 14.2. The lowest BCUT2D eigenvalue weighted by molar-refractivity contribution is 1.53. The Morgan fingerprint density at radius 1 is 1.00 bits per heavy atom. The first kappa shape index (κ1) is 7.59. The van der Waals surface area contributed by atoms with Crippen LogP contribution in [0.1, 0.15) is 0 Å². The zero-order valence-electron chi connectivity index (χ0n) is 6.78. The molecule has 13 heavy (non-hydrogen) atoms. The minimum Gasteiger partial charge on any atom is -0.319 e. The minimum absolute atomic E-state index is 1.27. The maximum absolute atomic E-state index is 3.32. The molecule has 3 rings (SSSR count). The van der Waals surface area contributed by atoms with Gasteiger partial charge in [-0.05, 0) is 22.2 Å². The summed E-state index contributed by atoms with van der Waals surface area (Å²) >= 11 is 0. The highest BCUT2D eigenvalue weighted by Crippen LogP contribution is 2.47. The molecule has 0 spiro atoms. The van der Waals surface area contributed by atoms with E-state index in [9.17, 15) is 0 Å². The van der Waals surface area contributed by atoms with Gasteiger partial charge < -0.3 is 4.72 Å². The van der Waals surface area contributed by atoms with Crippen LogP contribution in [0.4, 0.5) is 5.69 Å². The van der Waals surface area contributed by atoms with E-state index in [1.165, 1.54) is 21.4 Å². The monoisotopic (exact) mass is 205 g/mol. The number of benzene rings is 2. The first-order valence-electron chi connectivity index (χ1n) is 4.06. The second kappa shape index (κ2) is 2.86. The number of nitrogens with one attached hydrogen (secondary N) is 1. The molecule has 0 fully saturated rings. The molecule has 1 aliphatic rings. The Hall–Kier alpha value is -0.800. The van der Waals surface area contributed by atoms with E-state index in [0.717, 1.165) is 0 Å². The Kier molecular flexibility index (Phi) is 1.67. The van der Waals surface area contributed by atoms with Gasteiger partial charge in [0.05, 0.1) is 5.69 Å². The largest absolute Gasteiger partial charge is 0.319 e. The Morgan fingerprint density at radius 3 is 2.92 bits per heavy atom. The van der Waals surface area contributed by atoms with Crippen LogP contribution in [0.2, 0.25) is 0 Å². The van der Waals surface area contributed by atoms with Crippen molar-refractivity contribution in [2.24, 2.45) is 0 Å². The quantitative estimate of drug-likeness (QED) is 0.517. The molecular weight excluding hydrogens is 198 g/mol. The fourth-order valence-corrected chi connectivity index (χ4v) is 3.46. The lowest BCUT2D eigenvalue weighted by atomic mass is 10.1. The van der Waals surface area contributed by atoms with Crippen molar-refractivity contribution in [3.05, 3.63) is 36.4 Å². The number of rotatable bonds is 0. The summed E-state index contributed by atoms with van der Waals surface area (Å²) in [7, 11) is 3.47. The van der Waals surface area contributed by atoms with Gasteiger partial charge in [0.2, 0.25) is 0 Å². The van der Waals surface area contributed by atoms with Crippen LogP contribution < -0.4 is 4.72 Å². The third-order valence-electron chi connectivity index (χ3n) is 2.17. The first-order chi connectivity index (χ1) is 6.45. The second-order valence-electron chi connectivity index (χ2n) is 2.93. The summed E-state index contributed by atoms with van der Waals surface area (Å²) in [5, 5.41) is 2.62. The molecule has 3 heteroatoms. The fourth-order valence-electron chi connectivity index (χ4n) is 1.53. The fraction of sp³-hybridized carbons (Fsp3) is 0. The van der Waals surface area contributed by atoms with Gasteiger partial charge in [0, 0.05) is 21.3 Å². The smallest absolute Gasteiger partial charge is 0.0672 e. The molecule has 0 bridgehead atoms. The molecule has 0 amide bonds. The van der Waals surface area contributed by atoms with Crippen molar-refractivity contribution in [1.29, 1.82) is 0 Å². The van der Waals surface area contributed by atoms with E-state index in [2.05, 4.69) is 41.1 Å². The van der Waals surface area contributed by atoms with E-state index in [0.29, 0.717) is 0 Å². The van der Waals surface area contributed by atoms with Gasteiger partial charge >= 0.3 is 0 Å². The molecule has 0 radical (unpaired) electrons. The van der Waals surface area contributed by atoms with Gasteiger partial charge in [-0.15, -0.1) is 0 Å². The predicted octanol–water partition coefficient (Wildman–Crippen LogP) is 3.92. The summed E-state index contributed by atoms with van der Waals surface area (Å²) in [5.41, 5.74) is 1.27. The highest BCUT2D eigenvalue weighted by Gasteiger charge is 2.13. The number of hydrogen-bond donors (Lipinski definition) is 1. The summed E-state index contributed by atoms with van der Waals surface area (Å²) in [6, 6.07) is 12.8. The first-order valence-corrected chi connectivity index (χ1v) is 6.21. The Labute approximate surface area is 84.4 Å². The number of anilines is 1. The van der Waals surface area contributed by atoms with Crippen LogP contribution in [0.25, 0.3) is 10.8 Å². The molecule has 1 N–H and O–H groups in total. The van der Waals surface area contributed by atoms with Crippen molar-refractivity contribution in [1.82, 2.24) is 0 Å². The van der Waals surface area contributed by atoms with Crippen LogP contribution in [0.15, 0.2) is 41.3 Å². The number of hydrogen-bond acceptors (Lipinski definition) is 3. The van der Waals surface area contributed by atoms with Crippen LogP contribution in [-0.2, 0) is 0 Å². The van der Waals surface area contributed by atoms with E-state index in [4.69, 9.17) is 0 Å². The summed E-state index contributed by atoms with van der Waals surface area (Å²) in [6.45, 7) is 0. The zero-order valence-corrected chi connectivity index (χ0v) is 8.41. The second-order valence-corrected chi connectivity index (χ2v) is 4.91. The molecule has 2 aromatic carbocycles. The third-order valence-corrected chi connectivity index (χ3v) is 4.10. The lowest BCUT2D eigenvalue weighted by Gasteiger charge is -2.02. The summed E-state index contributed by atoms with van der Waals surface area (Å²) in [5.74, 6) is 0. The molecule has 0 aliphatic carbocycles. The van der Waals surface area contributed by atoms with E-state index >= 15 is 0 Å². The summed E-state index contributed by atoms with van der Waals surface area (Å²) in [6.07, 6.45) is 0. The Bertz CT molecular complexity index is 467. The van der Waals surface area contributed by atoms with Crippen molar-refractivity contribution in [3.8, 4) is 0 Å². The molecule has 1 nitrogen and oxygen atoms in total. The molecule has 1 aliphatic heterocycles. The van der Waals surface area contributed by atoms with Crippen molar-refractivity contribution in [3.63, 3.8) is 0 Å². The van der Waals surface area contributed by atoms with Gasteiger partial charge in [0.1, 0.15) is 0 Å². The molecule has 0 saturated carbocycles. The van der Waals surface area contributed by atoms with E-state index in [-0.39, 0.29) is 0 Å². The van der Waals surface area contributed by atoms with Gasteiger partial charge in [0.15, 0.2) is 0 Å². The third kappa shape index (κ3) is 1.11. The highest BCUT2D eigenvalue weighted by atomic mass is 33.1. The molecule has 2 aromatic rings. The topological polar surface area (TPSA) is 12.0 Å². The zero-order chi connectivity index (χ0) is 8.67. The predicted molar refractivity (Wildman–Crippen MR) is 61.0 cm³/mol. The van der Waals surface area contributed by atoms with Crippen LogP contribution in [0.5, 0.6) is 0 Å². The minimum atomic E-state index is 1.27. The number of fused-ring (bicyclic) bond motifs is 3. The maximum atomic E-state index is 3.32.